The van der Waals surface area contributed by atoms with E-state index in [1.807, 2.05) is 23.9 Å². The minimum Gasteiger partial charge on any atom is -0.496 e. The zero-order chi connectivity index (χ0) is 10.1. The largest absolute Gasteiger partial charge is 0.496 e. The third-order valence-corrected chi connectivity index (χ3v) is 3.92. The summed E-state index contributed by atoms with van der Waals surface area (Å²) >= 11 is 1.85. The van der Waals surface area contributed by atoms with Crippen LogP contribution in [-0.4, -0.2) is 18.9 Å². The van der Waals surface area contributed by atoms with Crippen molar-refractivity contribution >= 4 is 11.8 Å². The van der Waals surface area contributed by atoms with Crippen molar-refractivity contribution in [3.05, 3.63) is 23.8 Å². The van der Waals surface area contributed by atoms with Crippen LogP contribution in [0.2, 0.25) is 0 Å². The molecule has 0 saturated heterocycles. The highest BCUT2D eigenvalue weighted by Gasteiger charge is 2.28. The number of hydrogen-bond donors (Lipinski definition) is 1. The van der Waals surface area contributed by atoms with Gasteiger partial charge in [-0.3, -0.25) is 0 Å². The molecule has 2 rings (SSSR count). The lowest BCUT2D eigenvalue weighted by molar-refractivity contribution is 0.403. The third-order valence-electron chi connectivity index (χ3n) is 2.67. The minimum atomic E-state index is 0.218. The molecule has 3 heteroatoms. The number of rotatable bonds is 2. The molecule has 0 bridgehead atoms. The topological polar surface area (TPSA) is 35.2 Å². The maximum absolute atomic E-state index is 5.95. The maximum Gasteiger partial charge on any atom is 0.132 e. The molecule has 0 aliphatic carbocycles. The van der Waals surface area contributed by atoms with Crippen LogP contribution < -0.4 is 10.5 Å². The van der Waals surface area contributed by atoms with Crippen molar-refractivity contribution in [2.75, 3.05) is 12.9 Å². The molecular weight excluding hydrogens is 194 g/mol. The van der Waals surface area contributed by atoms with Crippen LogP contribution >= 0.6 is 11.8 Å². The summed E-state index contributed by atoms with van der Waals surface area (Å²) in [5.74, 6) is 2.54. The highest BCUT2D eigenvalue weighted by atomic mass is 32.2. The Morgan fingerprint density at radius 3 is 3.00 bits per heavy atom. The standard InChI is InChI=1S/C11H15NOS/c1-7(12)9-6-14-11-8(9)4-3-5-10(11)13-2/h3-5,7,9H,6,12H2,1-2H3. The van der Waals surface area contributed by atoms with E-state index in [0.717, 1.165) is 11.5 Å². The first-order valence-corrected chi connectivity index (χ1v) is 5.78. The average molecular weight is 209 g/mol. The van der Waals surface area contributed by atoms with E-state index in [1.54, 1.807) is 7.11 Å². The van der Waals surface area contributed by atoms with Crippen molar-refractivity contribution in [1.29, 1.82) is 0 Å². The lowest BCUT2D eigenvalue weighted by Gasteiger charge is -2.14. The van der Waals surface area contributed by atoms with E-state index in [-0.39, 0.29) is 6.04 Å². The molecule has 1 heterocycles. The summed E-state index contributed by atoms with van der Waals surface area (Å²) in [5, 5.41) is 0. The van der Waals surface area contributed by atoms with Gasteiger partial charge in [-0.2, -0.15) is 0 Å². The number of fused-ring (bicyclic) bond motifs is 1. The molecular formula is C11H15NOS. The van der Waals surface area contributed by atoms with Gasteiger partial charge in [-0.25, -0.2) is 0 Å². The molecule has 0 spiro atoms. The Bertz CT molecular complexity index is 338. The molecule has 14 heavy (non-hydrogen) atoms. The summed E-state index contributed by atoms with van der Waals surface area (Å²) in [7, 11) is 1.72. The van der Waals surface area contributed by atoms with Gasteiger partial charge in [0.15, 0.2) is 0 Å². The molecule has 2 unspecified atom stereocenters. The number of benzene rings is 1. The molecule has 1 aromatic rings. The normalized spacial score (nSPS) is 21.8. The molecule has 0 aromatic heterocycles. The van der Waals surface area contributed by atoms with Crippen LogP contribution in [-0.2, 0) is 0 Å². The Hall–Kier alpha value is -0.670. The van der Waals surface area contributed by atoms with Crippen molar-refractivity contribution in [1.82, 2.24) is 0 Å². The SMILES string of the molecule is COc1cccc2c1SCC2C(C)N. The smallest absolute Gasteiger partial charge is 0.132 e. The lowest BCUT2D eigenvalue weighted by atomic mass is 9.95. The molecule has 0 radical (unpaired) electrons. The Balaban J connectivity index is 2.41. The molecule has 76 valence electrons. The van der Waals surface area contributed by atoms with Crippen LogP contribution in [0.5, 0.6) is 5.75 Å². The second-order valence-corrected chi connectivity index (χ2v) is 4.69. The highest BCUT2D eigenvalue weighted by Crippen LogP contribution is 2.45. The Labute approximate surface area is 88.8 Å². The molecule has 2 N–H and O–H groups in total. The first-order chi connectivity index (χ1) is 6.74. The van der Waals surface area contributed by atoms with Crippen molar-refractivity contribution in [3.8, 4) is 5.75 Å². The van der Waals surface area contributed by atoms with Crippen molar-refractivity contribution < 1.29 is 4.74 Å². The monoisotopic (exact) mass is 209 g/mol. The molecule has 1 aliphatic rings. The van der Waals surface area contributed by atoms with Crippen molar-refractivity contribution in [3.63, 3.8) is 0 Å². The number of hydrogen-bond acceptors (Lipinski definition) is 3. The van der Waals surface area contributed by atoms with Gasteiger partial charge in [0, 0.05) is 17.7 Å². The van der Waals surface area contributed by atoms with E-state index >= 15 is 0 Å². The highest BCUT2D eigenvalue weighted by molar-refractivity contribution is 7.99. The first-order valence-electron chi connectivity index (χ1n) is 4.79. The van der Waals surface area contributed by atoms with Crippen LogP contribution in [0.1, 0.15) is 18.4 Å². The van der Waals surface area contributed by atoms with Gasteiger partial charge < -0.3 is 10.5 Å². The van der Waals surface area contributed by atoms with E-state index in [2.05, 4.69) is 13.0 Å². The first kappa shape index (κ1) is 9.87. The number of nitrogens with two attached hydrogens (primary N) is 1. The van der Waals surface area contributed by atoms with E-state index in [4.69, 9.17) is 10.5 Å². The van der Waals surface area contributed by atoms with Gasteiger partial charge in [0.1, 0.15) is 5.75 Å². The quantitative estimate of drug-likeness (QED) is 0.811. The van der Waals surface area contributed by atoms with Crippen LogP contribution in [0.15, 0.2) is 23.1 Å². The van der Waals surface area contributed by atoms with Crippen LogP contribution in [0.25, 0.3) is 0 Å². The van der Waals surface area contributed by atoms with Crippen LogP contribution in [0.3, 0.4) is 0 Å². The molecule has 0 amide bonds. The summed E-state index contributed by atoms with van der Waals surface area (Å²) in [6.45, 7) is 2.07. The third kappa shape index (κ3) is 1.51. The fraction of sp³-hybridized carbons (Fsp3) is 0.455. The number of ether oxygens (including phenoxy) is 1. The predicted molar refractivity (Wildman–Crippen MR) is 60.1 cm³/mol. The van der Waals surface area contributed by atoms with Gasteiger partial charge in [0.2, 0.25) is 0 Å². The summed E-state index contributed by atoms with van der Waals surface area (Å²) in [5.41, 5.74) is 7.30. The maximum atomic E-state index is 5.95. The van der Waals surface area contributed by atoms with Gasteiger partial charge in [0.05, 0.1) is 12.0 Å². The van der Waals surface area contributed by atoms with E-state index in [1.165, 1.54) is 10.5 Å². The fourth-order valence-corrected chi connectivity index (χ4v) is 3.35. The van der Waals surface area contributed by atoms with E-state index < -0.39 is 0 Å². The van der Waals surface area contributed by atoms with Gasteiger partial charge in [-0.1, -0.05) is 12.1 Å². The molecule has 1 aromatic carbocycles. The van der Waals surface area contributed by atoms with E-state index in [0.29, 0.717) is 5.92 Å². The zero-order valence-corrected chi connectivity index (χ0v) is 9.30. The molecule has 2 atom stereocenters. The number of methoxy groups -OCH3 is 1. The van der Waals surface area contributed by atoms with Gasteiger partial charge in [-0.05, 0) is 18.6 Å². The zero-order valence-electron chi connectivity index (χ0n) is 8.49. The summed E-state index contributed by atoms with van der Waals surface area (Å²) < 4.78 is 5.32. The van der Waals surface area contributed by atoms with E-state index in [9.17, 15) is 0 Å². The van der Waals surface area contributed by atoms with Crippen LogP contribution in [0.4, 0.5) is 0 Å². The Morgan fingerprint density at radius 2 is 2.36 bits per heavy atom. The van der Waals surface area contributed by atoms with Gasteiger partial charge >= 0.3 is 0 Å². The summed E-state index contributed by atoms with van der Waals surface area (Å²) in [4.78, 5) is 1.28. The average Bonchev–Trinajstić information content (AvgIpc) is 2.60. The Morgan fingerprint density at radius 1 is 1.57 bits per heavy atom. The number of thioether (sulfide) groups is 1. The fourth-order valence-electron chi connectivity index (χ4n) is 1.84. The van der Waals surface area contributed by atoms with Crippen molar-refractivity contribution in [2.45, 2.75) is 23.8 Å². The summed E-state index contributed by atoms with van der Waals surface area (Å²) in [6, 6.07) is 6.43. The molecule has 2 nitrogen and oxygen atoms in total. The second-order valence-electron chi connectivity index (χ2n) is 3.66. The second kappa shape index (κ2) is 3.83. The van der Waals surface area contributed by atoms with Crippen LogP contribution in [0, 0.1) is 0 Å². The molecule has 1 aliphatic heterocycles. The minimum absolute atomic E-state index is 0.218. The molecule has 0 saturated carbocycles. The predicted octanol–water partition coefficient (Wildman–Crippen LogP) is 2.23. The van der Waals surface area contributed by atoms with Crippen molar-refractivity contribution in [2.24, 2.45) is 5.73 Å². The summed E-state index contributed by atoms with van der Waals surface area (Å²) in [6.07, 6.45) is 0. The lowest BCUT2D eigenvalue weighted by Crippen LogP contribution is -2.24. The Kier molecular flexibility index (Phi) is 2.70. The van der Waals surface area contributed by atoms with Gasteiger partial charge in [-0.15, -0.1) is 11.8 Å². The molecule has 0 fully saturated rings. The van der Waals surface area contributed by atoms with Gasteiger partial charge in [0.25, 0.3) is 0 Å².